The van der Waals surface area contributed by atoms with Crippen molar-refractivity contribution < 1.29 is 9.53 Å². The fraction of sp³-hybridized carbons (Fsp3) is 0.143. The molecule has 17 heavy (non-hydrogen) atoms. The Morgan fingerprint density at radius 1 is 1.18 bits per heavy atom. The normalized spacial score (nSPS) is 9.94. The van der Waals surface area contributed by atoms with Crippen LogP contribution < -0.4 is 4.74 Å². The first-order chi connectivity index (χ1) is 8.29. The number of carbonyl (C=O) groups is 1. The smallest absolute Gasteiger partial charge is 0.168 e. The molecule has 0 radical (unpaired) electrons. The van der Waals surface area contributed by atoms with E-state index in [1.165, 1.54) is 0 Å². The van der Waals surface area contributed by atoms with Crippen molar-refractivity contribution in [3.05, 3.63) is 59.9 Å². The van der Waals surface area contributed by atoms with Gasteiger partial charge in [-0.2, -0.15) is 0 Å². The number of methoxy groups -OCH3 is 1. The molecule has 0 fully saturated rings. The summed E-state index contributed by atoms with van der Waals surface area (Å²) >= 11 is 0. The van der Waals surface area contributed by atoms with Gasteiger partial charge >= 0.3 is 0 Å². The van der Waals surface area contributed by atoms with Gasteiger partial charge < -0.3 is 4.74 Å². The molecule has 0 amide bonds. The maximum absolute atomic E-state index is 11.9. The van der Waals surface area contributed by atoms with E-state index in [-0.39, 0.29) is 5.78 Å². The fourth-order valence-electron chi connectivity index (χ4n) is 1.53. The van der Waals surface area contributed by atoms with Crippen LogP contribution in [0.1, 0.15) is 16.1 Å². The Morgan fingerprint density at radius 3 is 2.53 bits per heavy atom. The first-order valence-electron chi connectivity index (χ1n) is 5.37. The minimum Gasteiger partial charge on any atom is -0.495 e. The van der Waals surface area contributed by atoms with Crippen molar-refractivity contribution in [2.24, 2.45) is 0 Å². The molecule has 2 rings (SSSR count). The fourth-order valence-corrected chi connectivity index (χ4v) is 1.53. The summed E-state index contributed by atoms with van der Waals surface area (Å²) in [4.78, 5) is 16.1. The van der Waals surface area contributed by atoms with E-state index in [1.54, 1.807) is 25.4 Å². The average Bonchev–Trinajstić information content (AvgIpc) is 2.40. The zero-order valence-corrected chi connectivity index (χ0v) is 9.59. The number of ketones is 1. The van der Waals surface area contributed by atoms with Crippen molar-refractivity contribution in [2.45, 2.75) is 6.42 Å². The average molecular weight is 227 g/mol. The van der Waals surface area contributed by atoms with Crippen LogP contribution in [0.2, 0.25) is 0 Å². The van der Waals surface area contributed by atoms with E-state index < -0.39 is 0 Å². The SMILES string of the molecule is COc1ccc(CC(=O)c2ccccc2)nc1. The maximum Gasteiger partial charge on any atom is 0.168 e. The van der Waals surface area contributed by atoms with Crippen molar-refractivity contribution in [3.8, 4) is 5.75 Å². The third-order valence-corrected chi connectivity index (χ3v) is 2.47. The van der Waals surface area contributed by atoms with Crippen molar-refractivity contribution in [1.82, 2.24) is 4.98 Å². The van der Waals surface area contributed by atoms with Crippen LogP contribution >= 0.6 is 0 Å². The highest BCUT2D eigenvalue weighted by molar-refractivity contribution is 5.97. The maximum atomic E-state index is 11.9. The van der Waals surface area contributed by atoms with Gasteiger partial charge in [-0.25, -0.2) is 0 Å². The molecule has 0 spiro atoms. The second-order valence-electron chi connectivity index (χ2n) is 3.66. The minimum atomic E-state index is 0.0725. The molecular weight excluding hydrogens is 214 g/mol. The monoisotopic (exact) mass is 227 g/mol. The van der Waals surface area contributed by atoms with Gasteiger partial charge in [0, 0.05) is 11.3 Å². The van der Waals surface area contributed by atoms with E-state index >= 15 is 0 Å². The van der Waals surface area contributed by atoms with E-state index in [9.17, 15) is 4.79 Å². The molecule has 2 aromatic rings. The number of nitrogens with zero attached hydrogens (tertiary/aromatic N) is 1. The molecular formula is C14H13NO2. The zero-order valence-electron chi connectivity index (χ0n) is 9.59. The van der Waals surface area contributed by atoms with Crippen molar-refractivity contribution >= 4 is 5.78 Å². The van der Waals surface area contributed by atoms with Crippen LogP contribution in [0, 0.1) is 0 Å². The number of carbonyl (C=O) groups excluding carboxylic acids is 1. The number of aromatic nitrogens is 1. The number of Topliss-reactive ketones (excluding diaryl/α,β-unsaturated/α-hetero) is 1. The Labute approximate surface area is 100 Å². The second kappa shape index (κ2) is 5.25. The predicted octanol–water partition coefficient (Wildman–Crippen LogP) is 2.52. The molecule has 3 heteroatoms. The number of pyridine rings is 1. The molecule has 0 saturated heterocycles. The van der Waals surface area contributed by atoms with Crippen LogP contribution in [-0.2, 0) is 6.42 Å². The highest BCUT2D eigenvalue weighted by Gasteiger charge is 2.07. The predicted molar refractivity (Wildman–Crippen MR) is 65.3 cm³/mol. The molecule has 1 heterocycles. The molecule has 0 atom stereocenters. The molecule has 86 valence electrons. The van der Waals surface area contributed by atoms with Crippen molar-refractivity contribution in [2.75, 3.05) is 7.11 Å². The minimum absolute atomic E-state index is 0.0725. The summed E-state index contributed by atoms with van der Waals surface area (Å²) in [5, 5.41) is 0. The van der Waals surface area contributed by atoms with Crippen LogP contribution in [0.4, 0.5) is 0 Å². The largest absolute Gasteiger partial charge is 0.495 e. The van der Waals surface area contributed by atoms with Gasteiger partial charge in [0.25, 0.3) is 0 Å². The van der Waals surface area contributed by atoms with Gasteiger partial charge in [-0.15, -0.1) is 0 Å². The van der Waals surface area contributed by atoms with Crippen molar-refractivity contribution in [3.63, 3.8) is 0 Å². The summed E-state index contributed by atoms with van der Waals surface area (Å²) in [6.07, 6.45) is 1.93. The molecule has 0 aliphatic carbocycles. The highest BCUT2D eigenvalue weighted by atomic mass is 16.5. The summed E-state index contributed by atoms with van der Waals surface area (Å²) in [7, 11) is 1.59. The molecule has 0 aliphatic rings. The van der Waals surface area contributed by atoms with Gasteiger partial charge in [-0.1, -0.05) is 30.3 Å². The van der Waals surface area contributed by atoms with Crippen molar-refractivity contribution in [1.29, 1.82) is 0 Å². The lowest BCUT2D eigenvalue weighted by atomic mass is 10.1. The summed E-state index contributed by atoms with van der Waals surface area (Å²) in [6.45, 7) is 0. The van der Waals surface area contributed by atoms with E-state index in [0.717, 1.165) is 5.69 Å². The van der Waals surface area contributed by atoms with Gasteiger partial charge in [-0.3, -0.25) is 9.78 Å². The van der Waals surface area contributed by atoms with Crippen LogP contribution in [0.3, 0.4) is 0 Å². The lowest BCUT2D eigenvalue weighted by molar-refractivity contribution is 0.0992. The van der Waals surface area contributed by atoms with Crippen LogP contribution in [-0.4, -0.2) is 17.9 Å². The summed E-state index contributed by atoms with van der Waals surface area (Å²) in [6, 6.07) is 12.8. The molecule has 0 saturated carbocycles. The van der Waals surface area contributed by atoms with E-state index in [0.29, 0.717) is 17.7 Å². The van der Waals surface area contributed by atoms with Crippen LogP contribution in [0.5, 0.6) is 5.75 Å². The Morgan fingerprint density at radius 2 is 1.94 bits per heavy atom. The Balaban J connectivity index is 2.08. The zero-order chi connectivity index (χ0) is 12.1. The van der Waals surface area contributed by atoms with E-state index in [1.807, 2.05) is 30.3 Å². The first-order valence-corrected chi connectivity index (χ1v) is 5.37. The second-order valence-corrected chi connectivity index (χ2v) is 3.66. The molecule has 0 N–H and O–H groups in total. The molecule has 0 aliphatic heterocycles. The Kier molecular flexibility index (Phi) is 3.50. The number of rotatable bonds is 4. The quantitative estimate of drug-likeness (QED) is 0.753. The molecule has 3 nitrogen and oxygen atoms in total. The molecule has 0 bridgehead atoms. The van der Waals surface area contributed by atoms with E-state index in [2.05, 4.69) is 4.98 Å². The van der Waals surface area contributed by atoms with Gasteiger partial charge in [0.05, 0.1) is 19.7 Å². The summed E-state index contributed by atoms with van der Waals surface area (Å²) in [5.41, 5.74) is 1.46. The van der Waals surface area contributed by atoms with Gasteiger partial charge in [0.15, 0.2) is 5.78 Å². The number of ether oxygens (including phenoxy) is 1. The number of hydrogen-bond acceptors (Lipinski definition) is 3. The number of benzene rings is 1. The molecule has 1 aromatic carbocycles. The third-order valence-electron chi connectivity index (χ3n) is 2.47. The lowest BCUT2D eigenvalue weighted by Crippen LogP contribution is -2.04. The van der Waals surface area contributed by atoms with E-state index in [4.69, 9.17) is 4.74 Å². The highest BCUT2D eigenvalue weighted by Crippen LogP contribution is 2.10. The van der Waals surface area contributed by atoms with Gasteiger partial charge in [0.2, 0.25) is 0 Å². The Hall–Kier alpha value is -2.16. The van der Waals surface area contributed by atoms with Gasteiger partial charge in [0.1, 0.15) is 5.75 Å². The van der Waals surface area contributed by atoms with Crippen LogP contribution in [0.15, 0.2) is 48.7 Å². The topological polar surface area (TPSA) is 39.2 Å². The lowest BCUT2D eigenvalue weighted by Gasteiger charge is -2.02. The molecule has 1 aromatic heterocycles. The first kappa shape index (κ1) is 11.3. The Bertz CT molecular complexity index is 491. The number of hydrogen-bond donors (Lipinski definition) is 0. The van der Waals surface area contributed by atoms with Crippen LogP contribution in [0.25, 0.3) is 0 Å². The standard InChI is InChI=1S/C14H13NO2/c1-17-13-8-7-12(15-10-13)9-14(16)11-5-3-2-4-6-11/h2-8,10H,9H2,1H3. The third kappa shape index (κ3) is 2.91. The summed E-state index contributed by atoms with van der Waals surface area (Å²) < 4.78 is 5.01. The summed E-state index contributed by atoms with van der Waals surface area (Å²) in [5.74, 6) is 0.768. The molecule has 0 unspecified atom stereocenters. The van der Waals surface area contributed by atoms with Gasteiger partial charge in [-0.05, 0) is 12.1 Å².